The summed E-state index contributed by atoms with van der Waals surface area (Å²) in [7, 11) is -3.55. The topological polar surface area (TPSA) is 37.4 Å². The van der Waals surface area contributed by atoms with Gasteiger partial charge >= 0.3 is 0 Å². The Labute approximate surface area is 184 Å². The Morgan fingerprint density at radius 2 is 1.53 bits per heavy atom. The third-order valence-electron chi connectivity index (χ3n) is 5.61. The molecule has 0 radical (unpaired) electrons. The van der Waals surface area contributed by atoms with Gasteiger partial charge < -0.3 is 0 Å². The van der Waals surface area contributed by atoms with Crippen LogP contribution in [0.3, 0.4) is 0 Å². The van der Waals surface area contributed by atoms with E-state index in [4.69, 9.17) is 0 Å². The highest BCUT2D eigenvalue weighted by atomic mass is 32.2. The fraction of sp³-hybridized carbons (Fsp3) is 0.280. The molecule has 30 heavy (non-hydrogen) atoms. The average Bonchev–Trinajstić information content (AvgIpc) is 2.76. The van der Waals surface area contributed by atoms with Crippen LogP contribution in [0.5, 0.6) is 0 Å². The van der Waals surface area contributed by atoms with Crippen LogP contribution in [0.15, 0.2) is 94.7 Å². The molecule has 0 N–H and O–H groups in total. The molecule has 1 heterocycles. The Hall–Kier alpha value is -2.08. The molecule has 3 nitrogen and oxygen atoms in total. The zero-order valence-electron chi connectivity index (χ0n) is 17.1. The summed E-state index contributed by atoms with van der Waals surface area (Å²) in [6.07, 6.45) is 2.61. The number of sulfonamides is 1. The van der Waals surface area contributed by atoms with Crippen molar-refractivity contribution in [1.29, 1.82) is 0 Å². The van der Waals surface area contributed by atoms with Gasteiger partial charge in [-0.3, -0.25) is 0 Å². The van der Waals surface area contributed by atoms with Gasteiger partial charge in [-0.15, -0.1) is 11.8 Å². The number of thioether (sulfide) groups is 1. The van der Waals surface area contributed by atoms with E-state index in [2.05, 4.69) is 24.3 Å². The van der Waals surface area contributed by atoms with Crippen LogP contribution >= 0.6 is 11.8 Å². The van der Waals surface area contributed by atoms with Crippen molar-refractivity contribution in [3.63, 3.8) is 0 Å². The van der Waals surface area contributed by atoms with Gasteiger partial charge in [0.25, 0.3) is 0 Å². The SMILES string of the molecule is Cc1ccc(S(=O)(=O)N2CCC[C@@H](Sc3ccccc3)[C@@H]2Cc2ccccc2)cc1. The minimum absolute atomic E-state index is 0.0855. The first-order valence-corrected chi connectivity index (χ1v) is 12.7. The molecule has 0 spiro atoms. The largest absolute Gasteiger partial charge is 0.243 e. The van der Waals surface area contributed by atoms with Crippen LogP contribution in [0.1, 0.15) is 24.0 Å². The second kappa shape index (κ2) is 9.38. The lowest BCUT2D eigenvalue weighted by atomic mass is 9.97. The minimum Gasteiger partial charge on any atom is -0.207 e. The van der Waals surface area contributed by atoms with E-state index in [1.54, 1.807) is 28.2 Å². The van der Waals surface area contributed by atoms with Crippen LogP contribution in [-0.2, 0) is 16.4 Å². The maximum absolute atomic E-state index is 13.6. The summed E-state index contributed by atoms with van der Waals surface area (Å²) in [5.41, 5.74) is 2.23. The summed E-state index contributed by atoms with van der Waals surface area (Å²) in [5, 5.41) is 0.210. The molecule has 0 bridgehead atoms. The van der Waals surface area contributed by atoms with Gasteiger partial charge in [0.1, 0.15) is 0 Å². The smallest absolute Gasteiger partial charge is 0.207 e. The Morgan fingerprint density at radius 1 is 0.900 bits per heavy atom. The van der Waals surface area contributed by atoms with Crippen molar-refractivity contribution in [2.45, 2.75) is 47.3 Å². The summed E-state index contributed by atoms with van der Waals surface area (Å²) >= 11 is 1.80. The van der Waals surface area contributed by atoms with E-state index in [1.165, 1.54) is 10.5 Å². The summed E-state index contributed by atoms with van der Waals surface area (Å²) in [5.74, 6) is 0. The molecule has 156 valence electrons. The van der Waals surface area contributed by atoms with E-state index in [0.717, 1.165) is 24.8 Å². The molecular weight excluding hydrogens is 410 g/mol. The molecule has 3 aromatic carbocycles. The molecule has 1 aliphatic rings. The first-order chi connectivity index (χ1) is 14.5. The fourth-order valence-electron chi connectivity index (χ4n) is 4.04. The number of piperidine rings is 1. The van der Waals surface area contributed by atoms with Gasteiger partial charge in [0.15, 0.2) is 0 Å². The summed E-state index contributed by atoms with van der Waals surface area (Å²) in [6, 6.07) is 27.7. The van der Waals surface area contributed by atoms with Crippen LogP contribution in [-0.4, -0.2) is 30.6 Å². The predicted molar refractivity (Wildman–Crippen MR) is 124 cm³/mol. The number of hydrogen-bond acceptors (Lipinski definition) is 3. The van der Waals surface area contributed by atoms with Gasteiger partial charge in [-0.1, -0.05) is 66.2 Å². The van der Waals surface area contributed by atoms with E-state index in [9.17, 15) is 8.42 Å². The highest BCUT2D eigenvalue weighted by molar-refractivity contribution is 8.00. The second-order valence-corrected chi connectivity index (χ2v) is 11.0. The van der Waals surface area contributed by atoms with Gasteiger partial charge in [-0.05, 0) is 56.0 Å². The highest BCUT2D eigenvalue weighted by Gasteiger charge is 2.39. The van der Waals surface area contributed by atoms with Crippen molar-refractivity contribution in [3.8, 4) is 0 Å². The van der Waals surface area contributed by atoms with Gasteiger partial charge in [0.2, 0.25) is 10.0 Å². The number of hydrogen-bond donors (Lipinski definition) is 0. The van der Waals surface area contributed by atoms with E-state index in [1.807, 2.05) is 55.5 Å². The molecular formula is C25H27NO2S2. The molecule has 0 aromatic heterocycles. The summed E-state index contributed by atoms with van der Waals surface area (Å²) in [4.78, 5) is 1.58. The van der Waals surface area contributed by atoms with Crippen LogP contribution in [0.25, 0.3) is 0 Å². The summed E-state index contributed by atoms with van der Waals surface area (Å²) in [6.45, 7) is 2.54. The first kappa shape index (κ1) is 21.2. The third kappa shape index (κ3) is 4.80. The van der Waals surface area contributed by atoms with E-state index < -0.39 is 10.0 Å². The quantitative estimate of drug-likeness (QED) is 0.507. The van der Waals surface area contributed by atoms with Gasteiger partial charge in [-0.2, -0.15) is 4.31 Å². The minimum atomic E-state index is -3.55. The number of benzene rings is 3. The van der Waals surface area contributed by atoms with Crippen molar-refractivity contribution >= 4 is 21.8 Å². The third-order valence-corrected chi connectivity index (χ3v) is 8.95. The van der Waals surface area contributed by atoms with Crippen LogP contribution in [0, 0.1) is 6.92 Å². The van der Waals surface area contributed by atoms with Crippen molar-refractivity contribution < 1.29 is 8.42 Å². The van der Waals surface area contributed by atoms with Crippen molar-refractivity contribution in [2.24, 2.45) is 0 Å². The van der Waals surface area contributed by atoms with Crippen LogP contribution in [0.2, 0.25) is 0 Å². The molecule has 1 aliphatic heterocycles. The Bertz CT molecular complexity index is 1050. The normalized spacial score (nSPS) is 20.2. The molecule has 5 heteroatoms. The van der Waals surface area contributed by atoms with Crippen molar-refractivity contribution in [3.05, 3.63) is 96.1 Å². The lowest BCUT2D eigenvalue weighted by molar-refractivity contribution is 0.258. The molecule has 1 saturated heterocycles. The Morgan fingerprint density at radius 3 is 2.20 bits per heavy atom. The highest BCUT2D eigenvalue weighted by Crippen LogP contribution is 2.37. The number of aryl methyl sites for hydroxylation is 1. The van der Waals surface area contributed by atoms with Crippen LogP contribution in [0.4, 0.5) is 0 Å². The van der Waals surface area contributed by atoms with E-state index in [0.29, 0.717) is 11.4 Å². The molecule has 0 amide bonds. The van der Waals surface area contributed by atoms with Crippen molar-refractivity contribution in [2.75, 3.05) is 6.54 Å². The molecule has 0 saturated carbocycles. The molecule has 1 fully saturated rings. The molecule has 3 aromatic rings. The molecule has 4 rings (SSSR count). The Balaban J connectivity index is 1.68. The van der Waals surface area contributed by atoms with E-state index >= 15 is 0 Å². The number of nitrogens with zero attached hydrogens (tertiary/aromatic N) is 1. The lowest BCUT2D eigenvalue weighted by Crippen LogP contribution is -2.50. The van der Waals surface area contributed by atoms with Crippen LogP contribution < -0.4 is 0 Å². The number of rotatable bonds is 6. The van der Waals surface area contributed by atoms with Gasteiger partial charge in [-0.25, -0.2) is 8.42 Å². The molecule has 2 atom stereocenters. The average molecular weight is 438 g/mol. The Kier molecular flexibility index (Phi) is 6.61. The second-order valence-electron chi connectivity index (χ2n) is 7.80. The standard InChI is InChI=1S/C25H27NO2S2/c1-20-14-16-23(17-15-20)30(27,28)26-18-8-13-25(29-22-11-6-3-7-12-22)24(26)19-21-9-4-2-5-10-21/h2-7,9-12,14-17,24-25H,8,13,18-19H2,1H3/t24-,25+/m0/s1. The zero-order valence-corrected chi connectivity index (χ0v) is 18.8. The monoisotopic (exact) mass is 437 g/mol. The first-order valence-electron chi connectivity index (χ1n) is 10.4. The molecule has 0 aliphatic carbocycles. The maximum atomic E-state index is 13.6. The van der Waals surface area contributed by atoms with Gasteiger partial charge in [0, 0.05) is 22.7 Å². The van der Waals surface area contributed by atoms with Crippen molar-refractivity contribution in [1.82, 2.24) is 4.31 Å². The molecule has 0 unspecified atom stereocenters. The van der Waals surface area contributed by atoms with Gasteiger partial charge in [0.05, 0.1) is 4.90 Å². The lowest BCUT2D eigenvalue weighted by Gasteiger charge is -2.40. The summed E-state index contributed by atoms with van der Waals surface area (Å²) < 4.78 is 29.0. The predicted octanol–water partition coefficient (Wildman–Crippen LogP) is 5.55. The maximum Gasteiger partial charge on any atom is 0.243 e. The zero-order chi connectivity index (χ0) is 21.0. The van der Waals surface area contributed by atoms with E-state index in [-0.39, 0.29) is 11.3 Å². The fourth-order valence-corrected chi connectivity index (χ4v) is 7.16.